The number of nitrogens with zero attached hydrogens (tertiary/aromatic N) is 2. The van der Waals surface area contributed by atoms with Crippen LogP contribution in [0.5, 0.6) is 11.5 Å². The van der Waals surface area contributed by atoms with Gasteiger partial charge in [-0.3, -0.25) is 20.2 Å². The van der Waals surface area contributed by atoms with Crippen molar-refractivity contribution in [3.63, 3.8) is 0 Å². The summed E-state index contributed by atoms with van der Waals surface area (Å²) >= 11 is 0. The first kappa shape index (κ1) is 26.7. The SMILES string of the molecule is CC(c1cc([N+](=O)[O-])ccc1OC(=O)Oc1ccc([N+](=O)[O-])cc1C(C)S(C)(=O)=O)S(C)(=O)=O. The Balaban J connectivity index is 2.47. The van der Waals surface area contributed by atoms with Gasteiger partial charge in [0.25, 0.3) is 11.4 Å². The zero-order valence-corrected chi connectivity index (χ0v) is 20.0. The molecule has 0 aromatic heterocycles. The Hall–Kier alpha value is -3.59. The average molecular weight is 517 g/mol. The van der Waals surface area contributed by atoms with E-state index in [1.807, 2.05) is 0 Å². The van der Waals surface area contributed by atoms with Crippen LogP contribution in [-0.2, 0) is 19.7 Å². The summed E-state index contributed by atoms with van der Waals surface area (Å²) in [6.07, 6.45) is 0.370. The van der Waals surface area contributed by atoms with Gasteiger partial charge in [-0.15, -0.1) is 0 Å². The summed E-state index contributed by atoms with van der Waals surface area (Å²) in [6, 6.07) is 5.90. The third-order valence-electron chi connectivity index (χ3n) is 4.96. The van der Waals surface area contributed by atoms with Gasteiger partial charge >= 0.3 is 6.16 Å². The molecule has 0 saturated carbocycles. The van der Waals surface area contributed by atoms with Crippen LogP contribution in [0.3, 0.4) is 0 Å². The lowest BCUT2D eigenvalue weighted by molar-refractivity contribution is -0.385. The van der Waals surface area contributed by atoms with Crippen LogP contribution < -0.4 is 9.47 Å². The molecule has 0 saturated heterocycles. The Bertz CT molecular complexity index is 1270. The lowest BCUT2D eigenvalue weighted by atomic mass is 10.1. The van der Waals surface area contributed by atoms with Gasteiger partial charge in [0.15, 0.2) is 19.7 Å². The van der Waals surface area contributed by atoms with Crippen LogP contribution in [0.2, 0.25) is 0 Å². The summed E-state index contributed by atoms with van der Waals surface area (Å²) in [7, 11) is -7.50. The predicted molar refractivity (Wildman–Crippen MR) is 119 cm³/mol. The number of carbonyl (C=O) groups excluding carboxylic acids is 1. The van der Waals surface area contributed by atoms with Crippen LogP contribution in [0.25, 0.3) is 0 Å². The van der Waals surface area contributed by atoms with Crippen molar-refractivity contribution >= 4 is 37.2 Å². The molecule has 13 nitrogen and oxygen atoms in total. The van der Waals surface area contributed by atoms with Crippen molar-refractivity contribution in [1.82, 2.24) is 0 Å². The lowest BCUT2D eigenvalue weighted by Crippen LogP contribution is -2.18. The van der Waals surface area contributed by atoms with Gasteiger partial charge in [0.05, 0.1) is 20.3 Å². The molecule has 2 rings (SSSR count). The number of non-ortho nitro benzene ring substituents is 2. The molecule has 2 aromatic carbocycles. The summed E-state index contributed by atoms with van der Waals surface area (Å²) in [5, 5.41) is 19.6. The molecular weight excluding hydrogens is 496 g/mol. The number of rotatable bonds is 8. The van der Waals surface area contributed by atoms with Gasteiger partial charge in [0, 0.05) is 47.9 Å². The third kappa shape index (κ3) is 6.26. The molecule has 0 aliphatic rings. The number of benzene rings is 2. The highest BCUT2D eigenvalue weighted by Gasteiger charge is 2.28. The molecule has 0 spiro atoms. The molecule has 2 unspecified atom stereocenters. The van der Waals surface area contributed by atoms with Gasteiger partial charge in [0.2, 0.25) is 0 Å². The molecule has 0 amide bonds. The van der Waals surface area contributed by atoms with Crippen LogP contribution in [0.4, 0.5) is 16.2 Å². The normalized spacial score (nSPS) is 13.5. The minimum Gasteiger partial charge on any atom is -0.394 e. The molecule has 0 fully saturated rings. The Morgan fingerprint density at radius 3 is 1.35 bits per heavy atom. The van der Waals surface area contributed by atoms with Crippen molar-refractivity contribution in [2.75, 3.05) is 12.5 Å². The van der Waals surface area contributed by atoms with Gasteiger partial charge in [0.1, 0.15) is 11.5 Å². The van der Waals surface area contributed by atoms with Crippen molar-refractivity contribution in [2.24, 2.45) is 0 Å². The fraction of sp³-hybridized carbons (Fsp3) is 0.316. The second-order valence-electron chi connectivity index (χ2n) is 7.36. The molecule has 15 heteroatoms. The van der Waals surface area contributed by atoms with Crippen molar-refractivity contribution in [1.29, 1.82) is 0 Å². The smallest absolute Gasteiger partial charge is 0.394 e. The summed E-state index contributed by atoms with van der Waals surface area (Å²) in [6.45, 7) is 2.49. The van der Waals surface area contributed by atoms with Crippen LogP contribution in [0.15, 0.2) is 36.4 Å². The zero-order chi connectivity index (χ0) is 26.0. The minimum absolute atomic E-state index is 0.179. The molecule has 0 N–H and O–H groups in total. The maximum atomic E-state index is 12.5. The summed E-state index contributed by atoms with van der Waals surface area (Å²) in [5.41, 5.74) is -1.24. The van der Waals surface area contributed by atoms with E-state index in [1.54, 1.807) is 0 Å². The molecule has 0 aliphatic carbocycles. The fourth-order valence-electron chi connectivity index (χ4n) is 2.78. The minimum atomic E-state index is -3.75. The van der Waals surface area contributed by atoms with Gasteiger partial charge < -0.3 is 9.47 Å². The van der Waals surface area contributed by atoms with Gasteiger partial charge in [-0.05, 0) is 26.0 Å². The standard InChI is InChI=1S/C19H20N2O11S2/c1-11(33(3,27)28)15-9-13(20(23)24)5-7-17(15)31-19(22)32-18-8-6-14(21(25)26)10-16(18)12(2)34(4,29)30/h5-12H,1-4H3. The Morgan fingerprint density at radius 2 is 1.09 bits per heavy atom. The van der Waals surface area contributed by atoms with E-state index in [0.29, 0.717) is 0 Å². The van der Waals surface area contributed by atoms with E-state index in [0.717, 1.165) is 48.9 Å². The highest BCUT2D eigenvalue weighted by molar-refractivity contribution is 7.91. The van der Waals surface area contributed by atoms with Gasteiger partial charge in [-0.25, -0.2) is 21.6 Å². The van der Waals surface area contributed by atoms with Crippen molar-refractivity contribution in [2.45, 2.75) is 24.3 Å². The first-order chi connectivity index (χ1) is 15.5. The van der Waals surface area contributed by atoms with Crippen LogP contribution in [-0.4, -0.2) is 45.3 Å². The van der Waals surface area contributed by atoms with E-state index in [1.165, 1.54) is 13.8 Å². The van der Waals surface area contributed by atoms with Crippen LogP contribution in [0, 0.1) is 20.2 Å². The number of carbonyl (C=O) groups is 1. The van der Waals surface area contributed by atoms with E-state index in [2.05, 4.69) is 0 Å². The monoisotopic (exact) mass is 516 g/mol. The zero-order valence-electron chi connectivity index (χ0n) is 18.3. The van der Waals surface area contributed by atoms with Crippen LogP contribution >= 0.6 is 0 Å². The first-order valence-electron chi connectivity index (χ1n) is 9.36. The van der Waals surface area contributed by atoms with Crippen molar-refractivity contribution in [3.05, 3.63) is 67.8 Å². The van der Waals surface area contributed by atoms with Crippen molar-refractivity contribution in [3.8, 4) is 11.5 Å². The molecule has 0 heterocycles. The molecular formula is C19H20N2O11S2. The predicted octanol–water partition coefficient (Wildman–Crippen LogP) is 3.29. The molecule has 0 radical (unpaired) electrons. The van der Waals surface area contributed by atoms with Crippen LogP contribution in [0.1, 0.15) is 35.5 Å². The summed E-state index contributed by atoms with van der Waals surface area (Å²) in [5.74, 6) is -0.679. The molecule has 2 atom stereocenters. The summed E-state index contributed by atoms with van der Waals surface area (Å²) in [4.78, 5) is 33.1. The quantitative estimate of drug-likeness (QED) is 0.216. The van der Waals surface area contributed by atoms with Crippen molar-refractivity contribution < 1.29 is 41.0 Å². The largest absolute Gasteiger partial charge is 0.519 e. The Labute approximate surface area is 194 Å². The maximum absolute atomic E-state index is 12.5. The first-order valence-corrected chi connectivity index (χ1v) is 13.3. The molecule has 2 aromatic rings. The number of nitro benzene ring substituents is 2. The number of sulfone groups is 2. The highest BCUT2D eigenvalue weighted by Crippen LogP contribution is 2.36. The lowest BCUT2D eigenvalue weighted by Gasteiger charge is -2.16. The Kier molecular flexibility index (Phi) is 7.62. The van der Waals surface area contributed by atoms with E-state index in [-0.39, 0.29) is 22.6 Å². The van der Waals surface area contributed by atoms with E-state index < -0.39 is 57.6 Å². The van der Waals surface area contributed by atoms with E-state index in [4.69, 9.17) is 9.47 Å². The highest BCUT2D eigenvalue weighted by atomic mass is 32.2. The number of hydrogen-bond donors (Lipinski definition) is 0. The molecule has 0 aliphatic heterocycles. The van der Waals surface area contributed by atoms with E-state index in [9.17, 15) is 41.9 Å². The Morgan fingerprint density at radius 1 is 0.765 bits per heavy atom. The fourth-order valence-corrected chi connectivity index (χ4v) is 4.07. The third-order valence-corrected chi connectivity index (χ3v) is 8.03. The topological polar surface area (TPSA) is 190 Å². The maximum Gasteiger partial charge on any atom is 0.519 e. The molecule has 0 bridgehead atoms. The van der Waals surface area contributed by atoms with E-state index >= 15 is 0 Å². The molecule has 34 heavy (non-hydrogen) atoms. The second kappa shape index (κ2) is 9.72. The van der Waals surface area contributed by atoms with Gasteiger partial charge in [-0.2, -0.15) is 0 Å². The summed E-state index contributed by atoms with van der Waals surface area (Å²) < 4.78 is 58.1. The number of nitro groups is 2. The number of hydrogen-bond acceptors (Lipinski definition) is 11. The average Bonchev–Trinajstić information content (AvgIpc) is 2.71. The second-order valence-corrected chi connectivity index (χ2v) is 12.1. The number of ether oxygens (including phenoxy) is 2. The van der Waals surface area contributed by atoms with Gasteiger partial charge in [-0.1, -0.05) is 0 Å². The molecule has 184 valence electrons.